The summed E-state index contributed by atoms with van der Waals surface area (Å²) in [5, 5.41) is 0. The Bertz CT molecular complexity index is 531. The van der Waals surface area contributed by atoms with Gasteiger partial charge in [-0.15, -0.1) is 0 Å². The van der Waals surface area contributed by atoms with Gasteiger partial charge in [0.1, 0.15) is 5.82 Å². The van der Waals surface area contributed by atoms with Crippen molar-refractivity contribution in [2.75, 3.05) is 5.73 Å². The average molecular weight is 302 g/mol. The standard InChI is InChI=1S/C13H18BF3N2O2/c1-11(2)12(3,4)21-14(20-11)9-5-8(6-13(15,16)17)10(18)19-7-9/h5,7H,6H2,1-4H3,(H2,18,19). The predicted molar refractivity (Wildman–Crippen MR) is 74.1 cm³/mol. The molecule has 8 heteroatoms. The molecule has 116 valence electrons. The Labute approximate surface area is 122 Å². The number of aromatic nitrogens is 1. The van der Waals surface area contributed by atoms with Crippen LogP contribution in [0.15, 0.2) is 12.3 Å². The summed E-state index contributed by atoms with van der Waals surface area (Å²) < 4.78 is 49.2. The van der Waals surface area contributed by atoms with E-state index in [9.17, 15) is 13.2 Å². The summed E-state index contributed by atoms with van der Waals surface area (Å²) in [6.45, 7) is 7.48. The Morgan fingerprint density at radius 3 is 2.19 bits per heavy atom. The lowest BCUT2D eigenvalue weighted by atomic mass is 9.79. The Morgan fingerprint density at radius 1 is 1.19 bits per heavy atom. The van der Waals surface area contributed by atoms with Gasteiger partial charge in [0.05, 0.1) is 17.6 Å². The molecule has 21 heavy (non-hydrogen) atoms. The maximum absolute atomic E-state index is 12.5. The summed E-state index contributed by atoms with van der Waals surface area (Å²) in [6, 6.07) is 1.35. The third kappa shape index (κ3) is 3.32. The lowest BCUT2D eigenvalue weighted by Crippen LogP contribution is -2.41. The van der Waals surface area contributed by atoms with Crippen molar-refractivity contribution in [3.63, 3.8) is 0 Å². The number of nitrogens with zero attached hydrogens (tertiary/aromatic N) is 1. The molecule has 0 atom stereocenters. The molecule has 1 aliphatic heterocycles. The summed E-state index contributed by atoms with van der Waals surface area (Å²) in [5.74, 6) is -0.132. The Morgan fingerprint density at radius 2 is 1.71 bits per heavy atom. The highest BCUT2D eigenvalue weighted by Crippen LogP contribution is 2.36. The van der Waals surface area contributed by atoms with Crippen molar-refractivity contribution in [2.24, 2.45) is 0 Å². The van der Waals surface area contributed by atoms with Gasteiger partial charge in [0.15, 0.2) is 0 Å². The van der Waals surface area contributed by atoms with E-state index in [2.05, 4.69) is 4.98 Å². The van der Waals surface area contributed by atoms with Crippen LogP contribution in [0, 0.1) is 0 Å². The van der Waals surface area contributed by atoms with Crippen LogP contribution in [0.1, 0.15) is 33.3 Å². The fraction of sp³-hybridized carbons (Fsp3) is 0.615. The van der Waals surface area contributed by atoms with Gasteiger partial charge >= 0.3 is 13.3 Å². The first-order valence-corrected chi connectivity index (χ1v) is 6.58. The molecule has 0 saturated carbocycles. The summed E-state index contributed by atoms with van der Waals surface area (Å²) in [7, 11) is -0.755. The Hall–Kier alpha value is -1.28. The van der Waals surface area contributed by atoms with Crippen LogP contribution in [-0.4, -0.2) is 29.5 Å². The zero-order valence-electron chi connectivity index (χ0n) is 12.4. The van der Waals surface area contributed by atoms with Gasteiger partial charge < -0.3 is 15.0 Å². The second-order valence-corrected chi connectivity index (χ2v) is 6.19. The van der Waals surface area contributed by atoms with Crippen LogP contribution < -0.4 is 11.2 Å². The molecule has 0 spiro atoms. The van der Waals surface area contributed by atoms with Crippen molar-refractivity contribution < 1.29 is 22.5 Å². The van der Waals surface area contributed by atoms with Crippen LogP contribution in [0.4, 0.5) is 19.0 Å². The van der Waals surface area contributed by atoms with Crippen molar-refractivity contribution in [2.45, 2.75) is 51.5 Å². The molecule has 2 N–H and O–H groups in total. The highest BCUT2D eigenvalue weighted by Gasteiger charge is 2.52. The van der Waals surface area contributed by atoms with Crippen LogP contribution in [-0.2, 0) is 15.7 Å². The number of anilines is 1. The smallest absolute Gasteiger partial charge is 0.399 e. The Kier molecular flexibility index (Phi) is 3.74. The fourth-order valence-electron chi connectivity index (χ4n) is 2.00. The quantitative estimate of drug-likeness (QED) is 0.850. The molecule has 1 saturated heterocycles. The van der Waals surface area contributed by atoms with Gasteiger partial charge in [-0.05, 0) is 27.7 Å². The molecule has 1 aromatic heterocycles. The van der Waals surface area contributed by atoms with E-state index >= 15 is 0 Å². The molecular weight excluding hydrogens is 284 g/mol. The third-order valence-electron chi connectivity index (χ3n) is 3.94. The molecule has 0 aromatic carbocycles. The zero-order valence-corrected chi connectivity index (χ0v) is 12.4. The number of hydrogen-bond acceptors (Lipinski definition) is 4. The molecule has 0 radical (unpaired) electrons. The van der Waals surface area contributed by atoms with Gasteiger partial charge in [-0.3, -0.25) is 0 Å². The Balaban J connectivity index is 2.29. The molecule has 2 rings (SSSR count). The highest BCUT2D eigenvalue weighted by molar-refractivity contribution is 6.62. The van der Waals surface area contributed by atoms with Gasteiger partial charge in [-0.1, -0.05) is 6.07 Å². The number of nitrogens with two attached hydrogens (primary N) is 1. The molecular formula is C13H18BF3N2O2. The number of hydrogen-bond donors (Lipinski definition) is 1. The lowest BCUT2D eigenvalue weighted by Gasteiger charge is -2.32. The van der Waals surface area contributed by atoms with Gasteiger partial charge in [0.2, 0.25) is 0 Å². The SMILES string of the molecule is CC1(C)OB(c2cnc(N)c(CC(F)(F)F)c2)OC1(C)C. The minimum absolute atomic E-state index is 0.0743. The lowest BCUT2D eigenvalue weighted by molar-refractivity contribution is -0.127. The average Bonchev–Trinajstić information content (AvgIpc) is 2.49. The van der Waals surface area contributed by atoms with Gasteiger partial charge in [0.25, 0.3) is 0 Å². The number of nitrogen functional groups attached to an aromatic ring is 1. The van der Waals surface area contributed by atoms with E-state index in [1.807, 2.05) is 27.7 Å². The molecule has 0 unspecified atom stereocenters. The summed E-state index contributed by atoms with van der Waals surface area (Å²) in [6.07, 6.45) is -4.08. The maximum atomic E-state index is 12.5. The van der Waals surface area contributed by atoms with Crippen molar-refractivity contribution >= 4 is 18.4 Å². The minimum Gasteiger partial charge on any atom is -0.399 e. The molecule has 0 aliphatic carbocycles. The van der Waals surface area contributed by atoms with Gasteiger partial charge in [0, 0.05) is 17.2 Å². The van der Waals surface area contributed by atoms with Crippen molar-refractivity contribution in [3.05, 3.63) is 17.8 Å². The van der Waals surface area contributed by atoms with Gasteiger partial charge in [-0.2, -0.15) is 13.2 Å². The van der Waals surface area contributed by atoms with Crippen LogP contribution >= 0.6 is 0 Å². The monoisotopic (exact) mass is 302 g/mol. The number of pyridine rings is 1. The molecule has 1 aliphatic rings. The first-order chi connectivity index (χ1) is 9.41. The predicted octanol–water partition coefficient (Wildman–Crippen LogP) is 2.07. The first kappa shape index (κ1) is 16.1. The second kappa shape index (κ2) is 4.88. The van der Waals surface area contributed by atoms with Gasteiger partial charge in [-0.25, -0.2) is 4.98 Å². The topological polar surface area (TPSA) is 57.4 Å². The summed E-state index contributed by atoms with van der Waals surface area (Å²) >= 11 is 0. The van der Waals surface area contributed by atoms with E-state index in [4.69, 9.17) is 15.0 Å². The maximum Gasteiger partial charge on any atom is 0.496 e. The molecule has 1 aromatic rings. The fourth-order valence-corrected chi connectivity index (χ4v) is 2.00. The number of alkyl halides is 3. The van der Waals surface area contributed by atoms with Crippen LogP contribution in [0.5, 0.6) is 0 Å². The largest absolute Gasteiger partial charge is 0.496 e. The molecule has 0 bridgehead atoms. The zero-order chi connectivity index (χ0) is 16.1. The first-order valence-electron chi connectivity index (χ1n) is 6.58. The third-order valence-corrected chi connectivity index (χ3v) is 3.94. The summed E-state index contributed by atoms with van der Waals surface area (Å²) in [4.78, 5) is 3.82. The second-order valence-electron chi connectivity index (χ2n) is 6.19. The minimum atomic E-state index is -4.34. The molecule has 2 heterocycles. The molecule has 0 amide bonds. The number of rotatable bonds is 2. The van der Waals surface area contributed by atoms with E-state index in [1.54, 1.807) is 0 Å². The van der Waals surface area contributed by atoms with Crippen molar-refractivity contribution in [1.82, 2.24) is 4.98 Å². The summed E-state index contributed by atoms with van der Waals surface area (Å²) in [5.41, 5.74) is 4.73. The van der Waals surface area contributed by atoms with E-state index in [1.165, 1.54) is 12.3 Å². The number of halogens is 3. The highest BCUT2D eigenvalue weighted by atomic mass is 19.4. The van der Waals surface area contributed by atoms with E-state index in [-0.39, 0.29) is 11.4 Å². The van der Waals surface area contributed by atoms with Crippen molar-refractivity contribution in [1.29, 1.82) is 0 Å². The van der Waals surface area contributed by atoms with E-state index < -0.39 is 30.9 Å². The molecule has 1 fully saturated rings. The van der Waals surface area contributed by atoms with Crippen LogP contribution in [0.25, 0.3) is 0 Å². The van der Waals surface area contributed by atoms with E-state index in [0.717, 1.165) is 0 Å². The van der Waals surface area contributed by atoms with Crippen LogP contribution in [0.2, 0.25) is 0 Å². The van der Waals surface area contributed by atoms with Crippen molar-refractivity contribution in [3.8, 4) is 0 Å². The normalized spacial score (nSPS) is 20.8. The molecule has 4 nitrogen and oxygen atoms in total. The van der Waals surface area contributed by atoms with Crippen LogP contribution in [0.3, 0.4) is 0 Å². The van der Waals surface area contributed by atoms with E-state index in [0.29, 0.717) is 5.46 Å².